The van der Waals surface area contributed by atoms with E-state index >= 15 is 0 Å². The van der Waals surface area contributed by atoms with Gasteiger partial charge < -0.3 is 20.5 Å². The van der Waals surface area contributed by atoms with Crippen LogP contribution in [0.3, 0.4) is 0 Å². The van der Waals surface area contributed by atoms with Crippen molar-refractivity contribution >= 4 is 35.1 Å². The summed E-state index contributed by atoms with van der Waals surface area (Å²) in [5.74, 6) is -1.87. The topological polar surface area (TPSA) is 140 Å². The molecule has 1 aromatic carbocycles. The molecule has 0 radical (unpaired) electrons. The Morgan fingerprint density at radius 2 is 1.88 bits per heavy atom. The molecule has 0 spiro atoms. The predicted molar refractivity (Wildman–Crippen MR) is 139 cm³/mol. The first-order valence-corrected chi connectivity index (χ1v) is 12.2. The minimum absolute atomic E-state index is 0.0637. The number of rotatable bonds is 9. The van der Waals surface area contributed by atoms with Gasteiger partial charge in [0.15, 0.2) is 17.4 Å². The van der Waals surface area contributed by atoms with Crippen LogP contribution in [0.4, 0.5) is 40.8 Å². The highest BCUT2D eigenvalue weighted by Crippen LogP contribution is 2.59. The van der Waals surface area contributed by atoms with Crippen LogP contribution < -0.4 is 16.0 Å². The van der Waals surface area contributed by atoms with Crippen molar-refractivity contribution in [3.8, 4) is 11.1 Å². The fourth-order valence-corrected chi connectivity index (χ4v) is 4.09. The van der Waals surface area contributed by atoms with E-state index in [2.05, 4.69) is 42.8 Å². The van der Waals surface area contributed by atoms with E-state index in [1.807, 2.05) is 0 Å². The Bertz CT molecular complexity index is 1620. The van der Waals surface area contributed by atoms with Gasteiger partial charge >= 0.3 is 6.18 Å². The number of carbonyl (C=O) groups excluding carboxylic acids is 2. The van der Waals surface area contributed by atoms with Crippen molar-refractivity contribution in [1.29, 1.82) is 0 Å². The van der Waals surface area contributed by atoms with Gasteiger partial charge in [-0.1, -0.05) is 23.9 Å². The lowest BCUT2D eigenvalue weighted by Crippen LogP contribution is -2.28. The first kappa shape index (κ1) is 27.5. The number of halogens is 4. The Labute approximate surface area is 229 Å². The minimum atomic E-state index is -4.48. The molecule has 5 rings (SSSR count). The molecule has 1 fully saturated rings. The number of hydrogen-bond acceptors (Lipinski definition) is 8. The number of aromatic nitrogens is 5. The number of nitrogens with zero attached hydrogens (tertiary/aromatic N) is 5. The first-order valence-electron chi connectivity index (χ1n) is 12.2. The number of anilines is 4. The van der Waals surface area contributed by atoms with Crippen molar-refractivity contribution in [3.63, 3.8) is 0 Å². The summed E-state index contributed by atoms with van der Waals surface area (Å²) in [5, 5.41) is 15.5. The SMILES string of the molecule is C=CC(=O)Nc1nn(C)cc1Nc1ncc(-c2ccc(CC(=O)Nc3cc(C4(C(F)(F)F)CC4)on3)c(F)c2)cn1. The van der Waals surface area contributed by atoms with Gasteiger partial charge in [0.25, 0.3) is 0 Å². The van der Waals surface area contributed by atoms with Crippen LogP contribution in [-0.2, 0) is 28.5 Å². The Morgan fingerprint density at radius 3 is 2.51 bits per heavy atom. The summed E-state index contributed by atoms with van der Waals surface area (Å²) in [7, 11) is 1.67. The molecule has 15 heteroatoms. The molecule has 1 aliphatic rings. The molecular weight excluding hydrogens is 548 g/mol. The third kappa shape index (κ3) is 5.78. The third-order valence-electron chi connectivity index (χ3n) is 6.43. The maximum Gasteiger partial charge on any atom is 0.401 e. The molecule has 0 bridgehead atoms. The number of hydrogen-bond donors (Lipinski definition) is 3. The maximum atomic E-state index is 14.8. The van der Waals surface area contributed by atoms with Crippen LogP contribution in [0.1, 0.15) is 24.2 Å². The van der Waals surface area contributed by atoms with Gasteiger partial charge in [-0.2, -0.15) is 18.3 Å². The number of carbonyl (C=O) groups is 2. The second-order valence-electron chi connectivity index (χ2n) is 9.37. The quantitative estimate of drug-likeness (QED) is 0.195. The molecule has 0 saturated heterocycles. The number of aryl methyl sites for hydroxylation is 1. The molecule has 0 atom stereocenters. The van der Waals surface area contributed by atoms with E-state index in [-0.39, 0.29) is 48.2 Å². The number of alkyl halides is 3. The fraction of sp³-hybridized carbons (Fsp3) is 0.231. The zero-order valence-corrected chi connectivity index (χ0v) is 21.4. The zero-order chi connectivity index (χ0) is 29.4. The maximum absolute atomic E-state index is 14.8. The van der Waals surface area contributed by atoms with Gasteiger partial charge in [0.1, 0.15) is 16.9 Å². The molecule has 41 heavy (non-hydrogen) atoms. The Balaban J connectivity index is 1.21. The fourth-order valence-electron chi connectivity index (χ4n) is 4.09. The van der Waals surface area contributed by atoms with Crippen molar-refractivity contribution < 1.29 is 31.7 Å². The first-order chi connectivity index (χ1) is 19.5. The summed E-state index contributed by atoms with van der Waals surface area (Å²) >= 11 is 0. The summed E-state index contributed by atoms with van der Waals surface area (Å²) in [6, 6.07) is 5.25. The van der Waals surface area contributed by atoms with Crippen molar-refractivity contribution in [2.24, 2.45) is 7.05 Å². The Hall–Kier alpha value is -5.08. The van der Waals surface area contributed by atoms with Crippen LogP contribution in [0.2, 0.25) is 0 Å². The highest BCUT2D eigenvalue weighted by molar-refractivity contribution is 6.00. The summed E-state index contributed by atoms with van der Waals surface area (Å²) in [6.45, 7) is 3.40. The van der Waals surface area contributed by atoms with E-state index in [0.29, 0.717) is 16.8 Å². The molecule has 0 unspecified atom stereocenters. The monoisotopic (exact) mass is 570 g/mol. The molecule has 1 aliphatic carbocycles. The molecule has 212 valence electrons. The second-order valence-corrected chi connectivity index (χ2v) is 9.37. The van der Waals surface area contributed by atoms with Crippen molar-refractivity contribution in [3.05, 3.63) is 72.7 Å². The van der Waals surface area contributed by atoms with E-state index in [1.54, 1.807) is 19.3 Å². The van der Waals surface area contributed by atoms with Crippen LogP contribution in [0.5, 0.6) is 0 Å². The van der Waals surface area contributed by atoms with E-state index < -0.39 is 29.2 Å². The molecule has 3 N–H and O–H groups in total. The normalized spacial score (nSPS) is 13.9. The molecular formula is C26H22F4N8O3. The van der Waals surface area contributed by atoms with Gasteiger partial charge in [0.2, 0.25) is 17.8 Å². The molecule has 3 aromatic heterocycles. The van der Waals surface area contributed by atoms with Crippen molar-refractivity contribution in [2.45, 2.75) is 30.9 Å². The predicted octanol–water partition coefficient (Wildman–Crippen LogP) is 4.65. The summed E-state index contributed by atoms with van der Waals surface area (Å²) in [6.07, 6.45) is 0.576. The van der Waals surface area contributed by atoms with Gasteiger partial charge in [-0.05, 0) is 36.1 Å². The molecule has 1 saturated carbocycles. The van der Waals surface area contributed by atoms with E-state index in [9.17, 15) is 27.2 Å². The molecule has 3 heterocycles. The highest BCUT2D eigenvalue weighted by atomic mass is 19.4. The van der Waals surface area contributed by atoms with E-state index in [1.165, 1.54) is 29.2 Å². The van der Waals surface area contributed by atoms with Crippen LogP contribution in [0.25, 0.3) is 11.1 Å². The summed E-state index contributed by atoms with van der Waals surface area (Å²) < 4.78 is 61.0. The van der Waals surface area contributed by atoms with E-state index in [0.717, 1.165) is 12.1 Å². The van der Waals surface area contributed by atoms with Crippen LogP contribution in [-0.4, -0.2) is 42.9 Å². The van der Waals surface area contributed by atoms with Crippen LogP contribution in [0, 0.1) is 5.82 Å². The van der Waals surface area contributed by atoms with Gasteiger partial charge in [-0.3, -0.25) is 14.3 Å². The van der Waals surface area contributed by atoms with Crippen molar-refractivity contribution in [2.75, 3.05) is 16.0 Å². The molecule has 2 amide bonds. The van der Waals surface area contributed by atoms with Gasteiger partial charge in [0.05, 0.1) is 12.6 Å². The minimum Gasteiger partial charge on any atom is -0.358 e. The Morgan fingerprint density at radius 1 is 1.15 bits per heavy atom. The number of nitrogens with one attached hydrogen (secondary N) is 3. The Kier molecular flexibility index (Phi) is 7.02. The smallest absolute Gasteiger partial charge is 0.358 e. The average molecular weight is 571 g/mol. The summed E-state index contributed by atoms with van der Waals surface area (Å²) in [4.78, 5) is 32.5. The second kappa shape index (κ2) is 10.5. The standard InChI is InChI=1S/C26H22F4N8O3/c1-3-21(39)35-23-18(13-38(2)36-23)33-24-31-11-16(12-32-24)14-4-5-15(17(27)8-14)9-22(40)34-20-10-19(41-37-20)25(6-7-25)26(28,29)30/h3-5,8,10-13H,1,6-7,9H2,2H3,(H,31,32,33)(H,34,37,40)(H,35,36,39). The number of benzene rings is 1. The van der Waals surface area contributed by atoms with Crippen LogP contribution in [0.15, 0.2) is 60.0 Å². The number of amides is 2. The van der Waals surface area contributed by atoms with Gasteiger partial charge in [-0.25, -0.2) is 14.4 Å². The lowest BCUT2D eigenvalue weighted by atomic mass is 10.0. The van der Waals surface area contributed by atoms with Crippen LogP contribution >= 0.6 is 0 Å². The van der Waals surface area contributed by atoms with E-state index in [4.69, 9.17) is 4.52 Å². The van der Waals surface area contributed by atoms with Gasteiger partial charge in [0, 0.05) is 31.1 Å². The highest BCUT2D eigenvalue weighted by Gasteiger charge is 2.66. The molecule has 0 aliphatic heterocycles. The van der Waals surface area contributed by atoms with Crippen molar-refractivity contribution in [1.82, 2.24) is 24.9 Å². The third-order valence-corrected chi connectivity index (χ3v) is 6.43. The zero-order valence-electron chi connectivity index (χ0n) is 21.4. The molecule has 11 nitrogen and oxygen atoms in total. The lowest BCUT2D eigenvalue weighted by Gasteiger charge is -2.14. The summed E-state index contributed by atoms with van der Waals surface area (Å²) in [5.41, 5.74) is -0.618. The average Bonchev–Trinajstić information content (AvgIpc) is 3.51. The molecule has 4 aromatic rings. The lowest BCUT2D eigenvalue weighted by molar-refractivity contribution is -0.165. The van der Waals surface area contributed by atoms with Gasteiger partial charge in [-0.15, -0.1) is 0 Å². The largest absolute Gasteiger partial charge is 0.401 e.